The van der Waals surface area contributed by atoms with Crippen LogP contribution >= 0.6 is 0 Å². The van der Waals surface area contributed by atoms with E-state index in [1.54, 1.807) is 0 Å². The quantitative estimate of drug-likeness (QED) is 0.681. The monoisotopic (exact) mass is 414 g/mol. The zero-order valence-corrected chi connectivity index (χ0v) is 15.5. The number of anilines is 1. The fourth-order valence-electron chi connectivity index (χ4n) is 2.26. The molecule has 0 unspecified atom stereocenters. The van der Waals surface area contributed by atoms with E-state index in [0.717, 1.165) is 18.2 Å². The fourth-order valence-corrected chi connectivity index (χ4v) is 3.34. The first-order valence-electron chi connectivity index (χ1n) is 8.07. The molecule has 0 atom stereocenters. The summed E-state index contributed by atoms with van der Waals surface area (Å²) in [5, 5.41) is 2.29. The minimum atomic E-state index is -4.54. The lowest BCUT2D eigenvalue weighted by Crippen LogP contribution is -2.28. The van der Waals surface area contributed by atoms with Gasteiger partial charge in [-0.05, 0) is 37.3 Å². The summed E-state index contributed by atoms with van der Waals surface area (Å²) in [7, 11) is -3.94. The molecule has 0 radical (unpaired) electrons. The number of hydrogen-bond acceptors (Lipinski definition) is 4. The van der Waals surface area contributed by atoms with E-state index in [9.17, 15) is 31.2 Å². The molecule has 0 aliphatic rings. The number of nitrogens with one attached hydrogen (secondary N) is 2. The minimum absolute atomic E-state index is 0.0446. The number of hydrogen-bond donors (Lipinski definition) is 2. The first kappa shape index (κ1) is 21.6. The molecule has 28 heavy (non-hydrogen) atoms. The van der Waals surface area contributed by atoms with Crippen LogP contribution in [0.2, 0.25) is 0 Å². The standard InChI is InChI=1S/C18H17F3N2O4S/c1-12(24)13-4-2-7-16(10-13)28(26,27)22-9-8-17(25)23-15-6-3-5-14(11-15)18(19,20)21/h2-7,10-11,22H,8-9H2,1H3,(H,23,25). The van der Waals surface area contributed by atoms with Crippen LogP contribution in [0, 0.1) is 0 Å². The van der Waals surface area contributed by atoms with Gasteiger partial charge in [0.25, 0.3) is 0 Å². The Morgan fingerprint density at radius 1 is 1.04 bits per heavy atom. The van der Waals surface area contributed by atoms with Crippen LogP contribution in [0.15, 0.2) is 53.4 Å². The number of carbonyl (C=O) groups is 2. The van der Waals surface area contributed by atoms with Crippen molar-refractivity contribution in [2.45, 2.75) is 24.4 Å². The van der Waals surface area contributed by atoms with Crippen LogP contribution in [0.25, 0.3) is 0 Å². The third kappa shape index (κ3) is 5.89. The summed E-state index contributed by atoms with van der Waals surface area (Å²) in [6.45, 7) is 1.04. The lowest BCUT2D eigenvalue weighted by atomic mass is 10.2. The number of benzene rings is 2. The van der Waals surface area contributed by atoms with E-state index in [-0.39, 0.29) is 34.9 Å². The van der Waals surface area contributed by atoms with Gasteiger partial charge in [-0.1, -0.05) is 18.2 Å². The zero-order chi connectivity index (χ0) is 20.9. The van der Waals surface area contributed by atoms with Gasteiger partial charge in [0, 0.05) is 24.2 Å². The molecule has 0 heterocycles. The van der Waals surface area contributed by atoms with Crippen molar-refractivity contribution in [2.75, 3.05) is 11.9 Å². The SMILES string of the molecule is CC(=O)c1cccc(S(=O)(=O)NCCC(=O)Nc2cccc(C(F)(F)F)c2)c1. The number of Topliss-reactive ketones (excluding diaryl/α,β-unsaturated/α-hetero) is 1. The average molecular weight is 414 g/mol. The minimum Gasteiger partial charge on any atom is -0.326 e. The molecule has 1 amide bonds. The maximum absolute atomic E-state index is 12.7. The molecule has 2 N–H and O–H groups in total. The Bertz CT molecular complexity index is 988. The molecule has 0 aliphatic carbocycles. The number of rotatable bonds is 7. The van der Waals surface area contributed by atoms with Gasteiger partial charge in [0.15, 0.2) is 5.78 Å². The summed E-state index contributed by atoms with van der Waals surface area (Å²) >= 11 is 0. The lowest BCUT2D eigenvalue weighted by molar-refractivity contribution is -0.137. The predicted molar refractivity (Wildman–Crippen MR) is 96.3 cm³/mol. The Labute approximate surface area is 159 Å². The van der Waals surface area contributed by atoms with Crippen LogP contribution < -0.4 is 10.0 Å². The summed E-state index contributed by atoms with van der Waals surface area (Å²) in [6, 6.07) is 9.53. The predicted octanol–water partition coefficient (Wildman–Crippen LogP) is 3.22. The van der Waals surface area contributed by atoms with E-state index in [1.165, 1.54) is 37.3 Å². The molecule has 150 valence electrons. The van der Waals surface area contributed by atoms with Crippen molar-refractivity contribution in [3.05, 3.63) is 59.7 Å². The van der Waals surface area contributed by atoms with Crippen molar-refractivity contribution >= 4 is 27.4 Å². The van der Waals surface area contributed by atoms with Crippen molar-refractivity contribution in [3.8, 4) is 0 Å². The molecule has 0 bridgehead atoms. The Morgan fingerprint density at radius 2 is 1.71 bits per heavy atom. The number of halogens is 3. The Morgan fingerprint density at radius 3 is 2.36 bits per heavy atom. The highest BCUT2D eigenvalue weighted by molar-refractivity contribution is 7.89. The van der Waals surface area contributed by atoms with Crippen LogP contribution in [0.3, 0.4) is 0 Å². The van der Waals surface area contributed by atoms with Gasteiger partial charge in [0.1, 0.15) is 0 Å². The van der Waals surface area contributed by atoms with Crippen molar-refractivity contribution < 1.29 is 31.2 Å². The van der Waals surface area contributed by atoms with E-state index >= 15 is 0 Å². The van der Waals surface area contributed by atoms with Gasteiger partial charge in [0.05, 0.1) is 10.5 Å². The van der Waals surface area contributed by atoms with E-state index in [0.29, 0.717) is 0 Å². The summed E-state index contributed by atoms with van der Waals surface area (Å²) in [6.07, 6.45) is -4.83. The van der Waals surface area contributed by atoms with Crippen LogP contribution in [-0.4, -0.2) is 26.7 Å². The van der Waals surface area contributed by atoms with Gasteiger partial charge in [0.2, 0.25) is 15.9 Å². The lowest BCUT2D eigenvalue weighted by Gasteiger charge is -2.10. The number of amides is 1. The first-order valence-corrected chi connectivity index (χ1v) is 9.55. The molecule has 0 spiro atoms. The van der Waals surface area contributed by atoms with E-state index in [1.807, 2.05) is 0 Å². The van der Waals surface area contributed by atoms with Crippen molar-refractivity contribution in [2.24, 2.45) is 0 Å². The maximum atomic E-state index is 12.7. The normalized spacial score (nSPS) is 11.9. The van der Waals surface area contributed by atoms with Gasteiger partial charge in [-0.2, -0.15) is 13.2 Å². The summed E-state index contributed by atoms with van der Waals surface area (Å²) in [5.41, 5.74) is -0.724. The third-order valence-electron chi connectivity index (χ3n) is 3.67. The summed E-state index contributed by atoms with van der Waals surface area (Å²) < 4.78 is 64.7. The molecule has 0 fully saturated rings. The smallest absolute Gasteiger partial charge is 0.326 e. The second kappa shape index (κ2) is 8.53. The molecule has 10 heteroatoms. The van der Waals surface area contributed by atoms with Crippen LogP contribution in [-0.2, 0) is 21.0 Å². The molecule has 2 aromatic rings. The van der Waals surface area contributed by atoms with Crippen molar-refractivity contribution in [3.63, 3.8) is 0 Å². The van der Waals surface area contributed by atoms with Crippen LogP contribution in [0.5, 0.6) is 0 Å². The van der Waals surface area contributed by atoms with E-state index in [2.05, 4.69) is 10.0 Å². The highest BCUT2D eigenvalue weighted by Crippen LogP contribution is 2.30. The molecule has 2 aromatic carbocycles. The van der Waals surface area contributed by atoms with E-state index in [4.69, 9.17) is 0 Å². The molecule has 6 nitrogen and oxygen atoms in total. The van der Waals surface area contributed by atoms with Gasteiger partial charge in [-0.25, -0.2) is 13.1 Å². The second-order valence-corrected chi connectivity index (χ2v) is 7.63. The van der Waals surface area contributed by atoms with Crippen LogP contribution in [0.1, 0.15) is 29.3 Å². The first-order chi connectivity index (χ1) is 13.0. The second-order valence-electron chi connectivity index (χ2n) is 5.86. The number of ketones is 1. The highest BCUT2D eigenvalue weighted by Gasteiger charge is 2.30. The Balaban J connectivity index is 1.95. The van der Waals surface area contributed by atoms with E-state index < -0.39 is 27.7 Å². The van der Waals surface area contributed by atoms with Gasteiger partial charge < -0.3 is 5.32 Å². The molecule has 0 saturated heterocycles. The molecule has 0 saturated carbocycles. The molecular weight excluding hydrogens is 397 g/mol. The van der Waals surface area contributed by atoms with Crippen molar-refractivity contribution in [1.82, 2.24) is 4.72 Å². The number of sulfonamides is 1. The fraction of sp³-hybridized carbons (Fsp3) is 0.222. The summed E-state index contributed by atoms with van der Waals surface area (Å²) in [5.74, 6) is -0.947. The van der Waals surface area contributed by atoms with Gasteiger partial charge >= 0.3 is 6.18 Å². The molecule has 0 aromatic heterocycles. The zero-order valence-electron chi connectivity index (χ0n) is 14.7. The highest BCUT2D eigenvalue weighted by atomic mass is 32.2. The van der Waals surface area contributed by atoms with Gasteiger partial charge in [-0.3, -0.25) is 9.59 Å². The number of carbonyl (C=O) groups excluding carboxylic acids is 2. The third-order valence-corrected chi connectivity index (χ3v) is 5.13. The average Bonchev–Trinajstić information content (AvgIpc) is 2.61. The van der Waals surface area contributed by atoms with Crippen LogP contribution in [0.4, 0.5) is 18.9 Å². The Kier molecular flexibility index (Phi) is 6.57. The molecule has 0 aliphatic heterocycles. The van der Waals surface area contributed by atoms with Gasteiger partial charge in [-0.15, -0.1) is 0 Å². The maximum Gasteiger partial charge on any atom is 0.416 e. The Hall–Kier alpha value is -2.72. The molecule has 2 rings (SSSR count). The summed E-state index contributed by atoms with van der Waals surface area (Å²) in [4.78, 5) is 23.1. The van der Waals surface area contributed by atoms with Crippen molar-refractivity contribution in [1.29, 1.82) is 0 Å². The largest absolute Gasteiger partial charge is 0.416 e. The molecular formula is C18H17F3N2O4S. The number of alkyl halides is 3. The topological polar surface area (TPSA) is 92.3 Å².